The van der Waals surface area contributed by atoms with Crippen LogP contribution in [0.3, 0.4) is 0 Å². The Labute approximate surface area is 168 Å². The van der Waals surface area contributed by atoms with E-state index in [0.717, 1.165) is 45.0 Å². The molecule has 152 valence electrons. The summed E-state index contributed by atoms with van der Waals surface area (Å²) in [7, 11) is 2.02. The minimum Gasteiger partial charge on any atom is -0.396 e. The molecule has 0 amide bonds. The first-order valence-corrected chi connectivity index (χ1v) is 10.3. The molecule has 1 fully saturated rings. The van der Waals surface area contributed by atoms with Crippen LogP contribution < -0.4 is 15.5 Å². The fourth-order valence-corrected chi connectivity index (χ4v) is 3.55. The Morgan fingerprint density at radius 2 is 1.86 bits per heavy atom. The average Bonchev–Trinajstić information content (AvgIpc) is 3.16. The van der Waals surface area contributed by atoms with Crippen LogP contribution in [0.15, 0.2) is 47.7 Å². The molecule has 1 aromatic heterocycles. The van der Waals surface area contributed by atoms with Crippen LogP contribution in [-0.2, 0) is 20.1 Å². The van der Waals surface area contributed by atoms with Crippen molar-refractivity contribution < 1.29 is 5.11 Å². The van der Waals surface area contributed by atoms with E-state index in [-0.39, 0.29) is 0 Å². The monoisotopic (exact) mass is 383 g/mol. The smallest absolute Gasteiger partial charge is 0.191 e. The van der Waals surface area contributed by atoms with E-state index in [0.29, 0.717) is 19.1 Å². The normalized spacial score (nSPS) is 15.7. The fraction of sp³-hybridized carbons (Fsp3) is 0.500. The molecule has 1 saturated heterocycles. The Balaban J connectivity index is 1.52. The number of anilines is 1. The van der Waals surface area contributed by atoms with Gasteiger partial charge in [-0.2, -0.15) is 0 Å². The maximum atomic E-state index is 9.29. The summed E-state index contributed by atoms with van der Waals surface area (Å²) in [5.41, 5.74) is 3.71. The minimum absolute atomic E-state index is 0.318. The third kappa shape index (κ3) is 5.76. The van der Waals surface area contributed by atoms with Crippen LogP contribution in [0.5, 0.6) is 0 Å². The van der Waals surface area contributed by atoms with Crippen LogP contribution in [-0.4, -0.2) is 41.9 Å². The van der Waals surface area contributed by atoms with Gasteiger partial charge in [-0.25, -0.2) is 4.99 Å². The van der Waals surface area contributed by atoms with Crippen LogP contribution in [0.2, 0.25) is 0 Å². The second-order valence-corrected chi connectivity index (χ2v) is 7.51. The number of aryl methyl sites for hydroxylation is 1. The van der Waals surface area contributed by atoms with Gasteiger partial charge in [-0.15, -0.1) is 0 Å². The second-order valence-electron chi connectivity index (χ2n) is 7.51. The Morgan fingerprint density at radius 3 is 2.46 bits per heavy atom. The number of nitrogens with one attached hydrogen (secondary N) is 2. The SMILES string of the molecule is CCNC(=NCc1ccn(C)c1)NCc1ccc(N2CCC(CO)CC2)cc1. The number of guanidine groups is 1. The fourth-order valence-electron chi connectivity index (χ4n) is 3.55. The second kappa shape index (κ2) is 10.2. The molecule has 0 atom stereocenters. The van der Waals surface area contributed by atoms with Gasteiger partial charge in [0.05, 0.1) is 6.54 Å². The molecule has 0 aliphatic carbocycles. The molecule has 1 aromatic carbocycles. The van der Waals surface area contributed by atoms with E-state index < -0.39 is 0 Å². The highest BCUT2D eigenvalue weighted by Crippen LogP contribution is 2.23. The Hall–Kier alpha value is -2.47. The number of hydrogen-bond acceptors (Lipinski definition) is 3. The Morgan fingerprint density at radius 1 is 1.11 bits per heavy atom. The zero-order valence-corrected chi connectivity index (χ0v) is 17.1. The van der Waals surface area contributed by atoms with Gasteiger partial charge in [-0.05, 0) is 55.0 Å². The molecule has 2 heterocycles. The predicted octanol–water partition coefficient (Wildman–Crippen LogP) is 2.49. The molecule has 6 heteroatoms. The van der Waals surface area contributed by atoms with E-state index in [1.807, 2.05) is 17.8 Å². The van der Waals surface area contributed by atoms with Crippen molar-refractivity contribution in [3.05, 3.63) is 53.9 Å². The van der Waals surface area contributed by atoms with Crippen molar-refractivity contribution in [1.29, 1.82) is 0 Å². The van der Waals surface area contributed by atoms with Crippen LogP contribution >= 0.6 is 0 Å². The number of piperidine rings is 1. The van der Waals surface area contributed by atoms with Gasteiger partial charge in [0.2, 0.25) is 0 Å². The van der Waals surface area contributed by atoms with Crippen molar-refractivity contribution in [2.75, 3.05) is 31.1 Å². The van der Waals surface area contributed by atoms with E-state index in [9.17, 15) is 5.11 Å². The minimum atomic E-state index is 0.318. The molecular formula is C22H33N5O. The molecule has 0 saturated carbocycles. The van der Waals surface area contributed by atoms with Crippen molar-refractivity contribution in [2.24, 2.45) is 18.0 Å². The molecule has 0 radical (unpaired) electrons. The van der Waals surface area contributed by atoms with E-state index in [4.69, 9.17) is 0 Å². The molecule has 0 unspecified atom stereocenters. The van der Waals surface area contributed by atoms with E-state index in [1.54, 1.807) is 0 Å². The standard InChI is InChI=1S/C22H33N5O/c1-3-23-22(25-15-20-8-11-26(2)16-20)24-14-18-4-6-21(7-5-18)27-12-9-19(17-28)10-13-27/h4-8,11,16,19,28H,3,9-10,12-15,17H2,1-2H3,(H2,23,24,25). The number of benzene rings is 1. The van der Waals surface area contributed by atoms with Crippen LogP contribution in [0.1, 0.15) is 30.9 Å². The first-order chi connectivity index (χ1) is 13.7. The van der Waals surface area contributed by atoms with E-state index >= 15 is 0 Å². The molecule has 3 rings (SSSR count). The summed E-state index contributed by atoms with van der Waals surface area (Å²) in [6.07, 6.45) is 6.28. The number of aliphatic hydroxyl groups is 1. The van der Waals surface area contributed by atoms with Crippen molar-refractivity contribution >= 4 is 11.6 Å². The summed E-state index contributed by atoms with van der Waals surface area (Å²) in [6.45, 7) is 6.70. The quantitative estimate of drug-likeness (QED) is 0.508. The van der Waals surface area contributed by atoms with E-state index in [1.165, 1.54) is 16.8 Å². The zero-order chi connectivity index (χ0) is 19.8. The summed E-state index contributed by atoms with van der Waals surface area (Å²) >= 11 is 0. The topological polar surface area (TPSA) is 64.8 Å². The largest absolute Gasteiger partial charge is 0.396 e. The molecule has 1 aliphatic rings. The van der Waals surface area contributed by atoms with Gasteiger partial charge < -0.3 is 25.2 Å². The molecule has 2 aromatic rings. The Kier molecular flexibility index (Phi) is 7.37. The van der Waals surface area contributed by atoms with Gasteiger partial charge in [0.25, 0.3) is 0 Å². The maximum absolute atomic E-state index is 9.29. The highest BCUT2D eigenvalue weighted by molar-refractivity contribution is 5.79. The van der Waals surface area contributed by atoms with Crippen molar-refractivity contribution in [2.45, 2.75) is 32.9 Å². The van der Waals surface area contributed by atoms with Crippen molar-refractivity contribution in [3.8, 4) is 0 Å². The lowest BCUT2D eigenvalue weighted by atomic mass is 9.97. The summed E-state index contributed by atoms with van der Waals surface area (Å²) in [4.78, 5) is 7.08. The lowest BCUT2D eigenvalue weighted by Crippen LogP contribution is -2.36. The zero-order valence-electron chi connectivity index (χ0n) is 17.1. The third-order valence-corrected chi connectivity index (χ3v) is 5.29. The predicted molar refractivity (Wildman–Crippen MR) is 116 cm³/mol. The van der Waals surface area contributed by atoms with Crippen molar-refractivity contribution in [1.82, 2.24) is 15.2 Å². The molecule has 28 heavy (non-hydrogen) atoms. The van der Waals surface area contributed by atoms with Gasteiger partial charge in [0.1, 0.15) is 0 Å². The molecular weight excluding hydrogens is 350 g/mol. The Bertz CT molecular complexity index is 745. The highest BCUT2D eigenvalue weighted by Gasteiger charge is 2.18. The summed E-state index contributed by atoms with van der Waals surface area (Å²) < 4.78 is 2.04. The molecule has 6 nitrogen and oxygen atoms in total. The average molecular weight is 384 g/mol. The van der Waals surface area contributed by atoms with Crippen LogP contribution in [0.25, 0.3) is 0 Å². The number of hydrogen-bond donors (Lipinski definition) is 3. The number of aliphatic hydroxyl groups excluding tert-OH is 1. The summed E-state index contributed by atoms with van der Waals surface area (Å²) in [5, 5.41) is 16.0. The molecule has 1 aliphatic heterocycles. The van der Waals surface area contributed by atoms with Gasteiger partial charge in [-0.3, -0.25) is 0 Å². The number of aromatic nitrogens is 1. The summed E-state index contributed by atoms with van der Waals surface area (Å²) in [5.74, 6) is 1.31. The first kappa shape index (κ1) is 20.3. The van der Waals surface area contributed by atoms with Crippen LogP contribution in [0, 0.1) is 5.92 Å². The van der Waals surface area contributed by atoms with Gasteiger partial charge in [0.15, 0.2) is 5.96 Å². The van der Waals surface area contributed by atoms with Gasteiger partial charge >= 0.3 is 0 Å². The summed E-state index contributed by atoms with van der Waals surface area (Å²) in [6, 6.07) is 10.9. The van der Waals surface area contributed by atoms with Gasteiger partial charge in [-0.1, -0.05) is 12.1 Å². The number of aliphatic imine (C=N–C) groups is 1. The third-order valence-electron chi connectivity index (χ3n) is 5.29. The van der Waals surface area contributed by atoms with E-state index in [2.05, 4.69) is 64.0 Å². The molecule has 0 bridgehead atoms. The lowest BCUT2D eigenvalue weighted by molar-refractivity contribution is 0.203. The lowest BCUT2D eigenvalue weighted by Gasteiger charge is -2.33. The van der Waals surface area contributed by atoms with Gasteiger partial charge in [0, 0.05) is 57.9 Å². The molecule has 0 spiro atoms. The van der Waals surface area contributed by atoms with Crippen LogP contribution in [0.4, 0.5) is 5.69 Å². The van der Waals surface area contributed by atoms with Crippen molar-refractivity contribution in [3.63, 3.8) is 0 Å². The first-order valence-electron chi connectivity index (χ1n) is 10.3. The number of rotatable bonds is 7. The highest BCUT2D eigenvalue weighted by atomic mass is 16.3. The molecule has 3 N–H and O–H groups in total. The number of nitrogens with zero attached hydrogens (tertiary/aromatic N) is 3. The maximum Gasteiger partial charge on any atom is 0.191 e.